The zero-order chi connectivity index (χ0) is 18.6. The van der Waals surface area contributed by atoms with Gasteiger partial charge in [0.2, 0.25) is 17.6 Å². The molecule has 2 aliphatic rings. The van der Waals surface area contributed by atoms with Crippen LogP contribution in [-0.4, -0.2) is 69.3 Å². The normalized spacial score (nSPS) is 23.7. The highest BCUT2D eigenvalue weighted by Gasteiger charge is 2.37. The number of amides is 1. The molecule has 1 aromatic carbocycles. The molecule has 2 saturated heterocycles. The number of aliphatic hydroxyl groups excluding tert-OH is 1. The third kappa shape index (κ3) is 4.20. The molecule has 7 nitrogen and oxygen atoms in total. The van der Waals surface area contributed by atoms with E-state index in [-0.39, 0.29) is 11.9 Å². The molecule has 1 N–H and O–H groups in total. The highest BCUT2D eigenvalue weighted by Crippen LogP contribution is 2.22. The third-order valence-electron chi connectivity index (χ3n) is 5.52. The second kappa shape index (κ2) is 8.19. The number of likely N-dealkylation sites (tertiary alicyclic amines) is 2. The summed E-state index contributed by atoms with van der Waals surface area (Å²) in [6, 6.07) is 9.70. The fourth-order valence-electron chi connectivity index (χ4n) is 4.01. The Labute approximate surface area is 159 Å². The predicted octanol–water partition coefficient (Wildman–Crippen LogP) is 1.73. The molecular weight excluding hydrogens is 344 g/mol. The molecule has 1 aromatic heterocycles. The molecule has 1 amide bonds. The smallest absolute Gasteiger partial charge is 0.227 e. The summed E-state index contributed by atoms with van der Waals surface area (Å²) in [5.74, 6) is 1.04. The topological polar surface area (TPSA) is 82.7 Å². The van der Waals surface area contributed by atoms with Crippen LogP contribution in [0.25, 0.3) is 11.4 Å². The Balaban J connectivity index is 1.30. The van der Waals surface area contributed by atoms with Crippen molar-refractivity contribution in [1.29, 1.82) is 0 Å². The van der Waals surface area contributed by atoms with Gasteiger partial charge in [-0.1, -0.05) is 41.9 Å². The fraction of sp³-hybridized carbons (Fsp3) is 0.550. The Hall–Kier alpha value is -2.25. The minimum Gasteiger partial charge on any atom is -0.390 e. The summed E-state index contributed by atoms with van der Waals surface area (Å²) in [5.41, 5.74) is 0.894. The van der Waals surface area contributed by atoms with Crippen LogP contribution in [0.5, 0.6) is 0 Å². The molecule has 0 bridgehead atoms. The fourth-order valence-corrected chi connectivity index (χ4v) is 4.01. The second-order valence-corrected chi connectivity index (χ2v) is 7.41. The SMILES string of the molecule is O=C(CCc1nc(-c2ccccc2)no1)N1C[C@H](O)[C@@H](N2CCCCC2)C1. The lowest BCUT2D eigenvalue weighted by Crippen LogP contribution is -2.46. The minimum atomic E-state index is -0.458. The van der Waals surface area contributed by atoms with Crippen molar-refractivity contribution in [1.82, 2.24) is 19.9 Å². The Bertz CT molecular complexity index is 758. The number of aliphatic hydroxyl groups is 1. The summed E-state index contributed by atoms with van der Waals surface area (Å²) in [6.07, 6.45) is 3.89. The molecule has 144 valence electrons. The number of benzene rings is 1. The Kier molecular flexibility index (Phi) is 5.50. The van der Waals surface area contributed by atoms with Gasteiger partial charge in [0.1, 0.15) is 0 Å². The number of nitrogens with zero attached hydrogens (tertiary/aromatic N) is 4. The lowest BCUT2D eigenvalue weighted by molar-refractivity contribution is -0.130. The number of aromatic nitrogens is 2. The number of piperidine rings is 1. The number of rotatable bonds is 5. The van der Waals surface area contributed by atoms with Gasteiger partial charge in [-0.15, -0.1) is 0 Å². The molecule has 2 fully saturated rings. The van der Waals surface area contributed by atoms with E-state index in [2.05, 4.69) is 15.0 Å². The van der Waals surface area contributed by atoms with Crippen LogP contribution < -0.4 is 0 Å². The Morgan fingerprint density at radius 3 is 2.70 bits per heavy atom. The summed E-state index contributed by atoms with van der Waals surface area (Å²) in [6.45, 7) is 3.07. The van der Waals surface area contributed by atoms with E-state index in [1.807, 2.05) is 30.3 Å². The lowest BCUT2D eigenvalue weighted by atomic mass is 10.1. The molecule has 2 aliphatic heterocycles. The van der Waals surface area contributed by atoms with E-state index in [1.165, 1.54) is 19.3 Å². The molecule has 0 aliphatic carbocycles. The van der Waals surface area contributed by atoms with Crippen LogP contribution in [-0.2, 0) is 11.2 Å². The van der Waals surface area contributed by atoms with Crippen LogP contribution in [0.3, 0.4) is 0 Å². The van der Waals surface area contributed by atoms with Crippen molar-refractivity contribution in [2.24, 2.45) is 0 Å². The molecule has 3 heterocycles. The second-order valence-electron chi connectivity index (χ2n) is 7.41. The number of β-amino-alcohol motifs (C(OH)–C–C–N with tert-alkyl or cyclic N) is 1. The molecule has 4 rings (SSSR count). The van der Waals surface area contributed by atoms with E-state index in [0.717, 1.165) is 18.7 Å². The first-order valence-electron chi connectivity index (χ1n) is 9.78. The molecule has 0 radical (unpaired) electrons. The molecule has 0 unspecified atom stereocenters. The van der Waals surface area contributed by atoms with Gasteiger partial charge in [-0.2, -0.15) is 4.98 Å². The van der Waals surface area contributed by atoms with Crippen LogP contribution in [0, 0.1) is 0 Å². The van der Waals surface area contributed by atoms with E-state index in [1.54, 1.807) is 4.90 Å². The van der Waals surface area contributed by atoms with Crippen LogP contribution in [0.2, 0.25) is 0 Å². The highest BCUT2D eigenvalue weighted by molar-refractivity contribution is 5.76. The maximum absolute atomic E-state index is 12.6. The predicted molar refractivity (Wildman–Crippen MR) is 99.9 cm³/mol. The zero-order valence-electron chi connectivity index (χ0n) is 15.5. The van der Waals surface area contributed by atoms with Crippen molar-refractivity contribution < 1.29 is 14.4 Å². The minimum absolute atomic E-state index is 0.0352. The first-order chi connectivity index (χ1) is 13.2. The van der Waals surface area contributed by atoms with Gasteiger partial charge in [0.25, 0.3) is 0 Å². The Morgan fingerprint density at radius 1 is 1.15 bits per heavy atom. The van der Waals surface area contributed by atoms with Crippen molar-refractivity contribution in [3.05, 3.63) is 36.2 Å². The van der Waals surface area contributed by atoms with Gasteiger partial charge in [0.05, 0.1) is 12.1 Å². The number of carbonyl (C=O) groups excluding carboxylic acids is 1. The third-order valence-corrected chi connectivity index (χ3v) is 5.52. The number of hydrogen-bond acceptors (Lipinski definition) is 6. The van der Waals surface area contributed by atoms with Crippen molar-refractivity contribution in [2.75, 3.05) is 26.2 Å². The van der Waals surface area contributed by atoms with Crippen molar-refractivity contribution >= 4 is 5.91 Å². The largest absolute Gasteiger partial charge is 0.390 e. The van der Waals surface area contributed by atoms with Gasteiger partial charge < -0.3 is 14.5 Å². The molecule has 0 spiro atoms. The van der Waals surface area contributed by atoms with Crippen LogP contribution in [0.15, 0.2) is 34.9 Å². The summed E-state index contributed by atoms with van der Waals surface area (Å²) in [7, 11) is 0. The zero-order valence-corrected chi connectivity index (χ0v) is 15.5. The highest BCUT2D eigenvalue weighted by atomic mass is 16.5. The van der Waals surface area contributed by atoms with Crippen molar-refractivity contribution in [3.63, 3.8) is 0 Å². The van der Waals surface area contributed by atoms with Crippen molar-refractivity contribution in [2.45, 2.75) is 44.2 Å². The van der Waals surface area contributed by atoms with Crippen LogP contribution in [0.4, 0.5) is 0 Å². The summed E-state index contributed by atoms with van der Waals surface area (Å²) in [4.78, 5) is 21.1. The summed E-state index contributed by atoms with van der Waals surface area (Å²) in [5, 5.41) is 14.4. The maximum atomic E-state index is 12.6. The van der Waals surface area contributed by atoms with Gasteiger partial charge in [-0.3, -0.25) is 9.69 Å². The quantitative estimate of drug-likeness (QED) is 0.863. The molecule has 7 heteroatoms. The lowest BCUT2D eigenvalue weighted by Gasteiger charge is -2.33. The number of hydrogen-bond donors (Lipinski definition) is 1. The van der Waals surface area contributed by atoms with Gasteiger partial charge in [0.15, 0.2) is 0 Å². The number of carbonyl (C=O) groups is 1. The molecule has 0 saturated carbocycles. The van der Waals surface area contributed by atoms with E-state index in [4.69, 9.17) is 4.52 Å². The van der Waals surface area contributed by atoms with Crippen molar-refractivity contribution in [3.8, 4) is 11.4 Å². The maximum Gasteiger partial charge on any atom is 0.227 e. The number of aryl methyl sites for hydroxylation is 1. The molecule has 27 heavy (non-hydrogen) atoms. The Morgan fingerprint density at radius 2 is 1.93 bits per heavy atom. The average Bonchev–Trinajstić information content (AvgIpc) is 3.34. The molecule has 2 atom stereocenters. The molecule has 2 aromatic rings. The standard InChI is InChI=1S/C20H26N4O3/c25-17-14-24(13-16(17)23-11-5-2-6-12-23)19(26)10-9-18-21-20(22-27-18)15-7-3-1-4-8-15/h1,3-4,7-8,16-17,25H,2,5-6,9-14H2/t16-,17-/m0/s1. The van der Waals surface area contributed by atoms with E-state index in [0.29, 0.717) is 37.6 Å². The first kappa shape index (κ1) is 18.1. The van der Waals surface area contributed by atoms with Crippen LogP contribution >= 0.6 is 0 Å². The summed E-state index contributed by atoms with van der Waals surface area (Å²) >= 11 is 0. The molecular formula is C20H26N4O3. The van der Waals surface area contributed by atoms with E-state index in [9.17, 15) is 9.90 Å². The first-order valence-corrected chi connectivity index (χ1v) is 9.78. The van der Waals surface area contributed by atoms with E-state index < -0.39 is 6.10 Å². The van der Waals surface area contributed by atoms with Crippen LogP contribution in [0.1, 0.15) is 31.6 Å². The monoisotopic (exact) mass is 370 g/mol. The van der Waals surface area contributed by atoms with Gasteiger partial charge in [-0.05, 0) is 25.9 Å². The van der Waals surface area contributed by atoms with Gasteiger partial charge in [0, 0.05) is 31.5 Å². The average molecular weight is 370 g/mol. The van der Waals surface area contributed by atoms with E-state index >= 15 is 0 Å². The summed E-state index contributed by atoms with van der Waals surface area (Å²) < 4.78 is 5.28. The van der Waals surface area contributed by atoms with Gasteiger partial charge >= 0.3 is 0 Å². The van der Waals surface area contributed by atoms with Gasteiger partial charge in [-0.25, -0.2) is 0 Å².